The molecule has 172 valence electrons. The fraction of sp³-hybridized carbons (Fsp3) is 0.0345. The summed E-state index contributed by atoms with van der Waals surface area (Å²) in [7, 11) is 2.02. The van der Waals surface area contributed by atoms with Crippen LogP contribution in [0.1, 0.15) is 15.9 Å². The van der Waals surface area contributed by atoms with Crippen LogP contribution in [0.4, 0.5) is 5.69 Å². The maximum absolute atomic E-state index is 13.2. The number of carbonyl (C=O) groups is 2. The molecule has 6 nitrogen and oxygen atoms in total. The maximum atomic E-state index is 13.2. The van der Waals surface area contributed by atoms with E-state index in [0.717, 1.165) is 27.4 Å². The molecule has 1 aromatic heterocycles. The lowest BCUT2D eigenvalue weighted by molar-refractivity contribution is -0.113. The van der Waals surface area contributed by atoms with E-state index < -0.39 is 11.8 Å². The molecule has 5 aromatic rings. The van der Waals surface area contributed by atoms with Crippen LogP contribution >= 0.6 is 0 Å². The van der Waals surface area contributed by atoms with Crippen LogP contribution in [0.25, 0.3) is 27.9 Å². The molecular formula is C29H23N3O3. The number of benzene rings is 4. The van der Waals surface area contributed by atoms with Gasteiger partial charge in [-0.05, 0) is 54.1 Å². The van der Waals surface area contributed by atoms with Gasteiger partial charge >= 0.3 is 0 Å². The van der Waals surface area contributed by atoms with E-state index in [9.17, 15) is 14.7 Å². The highest BCUT2D eigenvalue weighted by Gasteiger charge is 2.16. The number of nitrogens with one attached hydrogen (secondary N) is 2. The summed E-state index contributed by atoms with van der Waals surface area (Å²) in [6.45, 7) is 0. The molecule has 0 aliphatic heterocycles. The Morgan fingerprint density at radius 1 is 0.800 bits per heavy atom. The fourth-order valence-electron chi connectivity index (χ4n) is 4.17. The molecule has 1 heterocycles. The SMILES string of the molecule is Cn1c2ccccc2c2cc(/C=C(/NC(=O)c3ccccc3)C(=O)Nc3cccc(O)c3)ccc21. The number of carbonyl (C=O) groups excluding carboxylic acids is 2. The van der Waals surface area contributed by atoms with Gasteiger partial charge in [-0.25, -0.2) is 0 Å². The van der Waals surface area contributed by atoms with E-state index in [0.29, 0.717) is 11.3 Å². The van der Waals surface area contributed by atoms with Crippen LogP contribution in [0.15, 0.2) is 103 Å². The molecule has 0 saturated heterocycles. The Morgan fingerprint density at radius 3 is 2.34 bits per heavy atom. The third-order valence-electron chi connectivity index (χ3n) is 5.88. The molecule has 0 unspecified atom stereocenters. The van der Waals surface area contributed by atoms with Crippen molar-refractivity contribution in [3.8, 4) is 5.75 Å². The van der Waals surface area contributed by atoms with Crippen LogP contribution < -0.4 is 10.6 Å². The average molecular weight is 462 g/mol. The van der Waals surface area contributed by atoms with Crippen molar-refractivity contribution < 1.29 is 14.7 Å². The van der Waals surface area contributed by atoms with Gasteiger partial charge in [0.05, 0.1) is 0 Å². The first kappa shape index (κ1) is 22.0. The van der Waals surface area contributed by atoms with Crippen molar-refractivity contribution in [3.63, 3.8) is 0 Å². The molecule has 0 fully saturated rings. The predicted octanol–water partition coefficient (Wildman–Crippen LogP) is 5.45. The Morgan fingerprint density at radius 2 is 1.54 bits per heavy atom. The number of anilines is 1. The number of aryl methyl sites for hydroxylation is 1. The number of phenols is 1. The summed E-state index contributed by atoms with van der Waals surface area (Å²) in [5.41, 5.74) is 3.89. The molecule has 0 radical (unpaired) electrons. The summed E-state index contributed by atoms with van der Waals surface area (Å²) >= 11 is 0. The second kappa shape index (κ2) is 9.19. The van der Waals surface area contributed by atoms with Crippen molar-refractivity contribution in [1.29, 1.82) is 0 Å². The molecule has 3 N–H and O–H groups in total. The highest BCUT2D eigenvalue weighted by molar-refractivity contribution is 6.12. The molecule has 0 aliphatic carbocycles. The molecule has 5 rings (SSSR count). The van der Waals surface area contributed by atoms with Gasteiger partial charge in [0.25, 0.3) is 11.8 Å². The molecule has 0 bridgehead atoms. The Hall–Kier alpha value is -4.84. The van der Waals surface area contributed by atoms with Gasteiger partial charge in [-0.3, -0.25) is 9.59 Å². The van der Waals surface area contributed by atoms with Crippen LogP contribution in [0.2, 0.25) is 0 Å². The zero-order valence-corrected chi connectivity index (χ0v) is 19.0. The molecule has 0 saturated carbocycles. The van der Waals surface area contributed by atoms with Crippen molar-refractivity contribution in [2.45, 2.75) is 0 Å². The minimum atomic E-state index is -0.502. The second-order valence-corrected chi connectivity index (χ2v) is 8.24. The number of para-hydroxylation sites is 1. The normalized spacial score (nSPS) is 11.5. The first-order valence-corrected chi connectivity index (χ1v) is 11.2. The number of nitrogens with zero attached hydrogens (tertiary/aromatic N) is 1. The summed E-state index contributed by atoms with van der Waals surface area (Å²) < 4.78 is 2.13. The van der Waals surface area contributed by atoms with Gasteiger partial charge < -0.3 is 20.3 Å². The van der Waals surface area contributed by atoms with Crippen molar-refractivity contribution >= 4 is 45.4 Å². The van der Waals surface area contributed by atoms with Crippen molar-refractivity contribution in [2.24, 2.45) is 7.05 Å². The van der Waals surface area contributed by atoms with Gasteiger partial charge in [0.15, 0.2) is 0 Å². The second-order valence-electron chi connectivity index (χ2n) is 8.24. The fourth-order valence-corrected chi connectivity index (χ4v) is 4.17. The van der Waals surface area contributed by atoms with E-state index in [1.54, 1.807) is 42.5 Å². The third-order valence-corrected chi connectivity index (χ3v) is 5.88. The predicted molar refractivity (Wildman–Crippen MR) is 139 cm³/mol. The molecule has 0 spiro atoms. The van der Waals surface area contributed by atoms with Crippen LogP contribution in [0.3, 0.4) is 0 Å². The van der Waals surface area contributed by atoms with E-state index in [1.807, 2.05) is 43.4 Å². The standard InChI is InChI=1S/C29H23N3O3/c1-32-26-13-6-5-12-23(26)24-16-19(14-15-27(24)32)17-25(31-28(34)20-8-3-2-4-9-20)29(35)30-21-10-7-11-22(33)18-21/h2-18,33H,1H3,(H,30,35)(H,31,34)/b25-17+. The summed E-state index contributed by atoms with van der Waals surface area (Å²) in [6.07, 6.45) is 1.65. The van der Waals surface area contributed by atoms with E-state index >= 15 is 0 Å². The number of hydrogen-bond donors (Lipinski definition) is 3. The lowest BCUT2D eigenvalue weighted by Gasteiger charge is -2.12. The van der Waals surface area contributed by atoms with Gasteiger partial charge in [0, 0.05) is 46.2 Å². The summed E-state index contributed by atoms with van der Waals surface area (Å²) in [4.78, 5) is 26.1. The summed E-state index contributed by atoms with van der Waals surface area (Å²) in [6, 6.07) is 29.0. The number of aromatic hydroxyl groups is 1. The highest BCUT2D eigenvalue weighted by atomic mass is 16.3. The molecule has 4 aromatic carbocycles. The smallest absolute Gasteiger partial charge is 0.272 e. The van der Waals surface area contributed by atoms with Gasteiger partial charge in [-0.1, -0.05) is 48.5 Å². The molecule has 0 atom stereocenters. The van der Waals surface area contributed by atoms with Gasteiger partial charge in [0.2, 0.25) is 0 Å². The first-order chi connectivity index (χ1) is 17.0. The topological polar surface area (TPSA) is 83.4 Å². The minimum absolute atomic E-state index is 0.0306. The average Bonchev–Trinajstić information content (AvgIpc) is 3.15. The van der Waals surface area contributed by atoms with E-state index in [4.69, 9.17) is 0 Å². The molecule has 35 heavy (non-hydrogen) atoms. The van der Waals surface area contributed by atoms with Crippen LogP contribution in [-0.4, -0.2) is 21.5 Å². The molecular weight excluding hydrogens is 438 g/mol. The first-order valence-electron chi connectivity index (χ1n) is 11.2. The zero-order chi connectivity index (χ0) is 24.4. The van der Waals surface area contributed by atoms with Gasteiger partial charge in [-0.2, -0.15) is 0 Å². The third kappa shape index (κ3) is 4.50. The highest BCUT2D eigenvalue weighted by Crippen LogP contribution is 2.29. The number of fused-ring (bicyclic) bond motifs is 3. The van der Waals surface area contributed by atoms with Crippen LogP contribution in [0.5, 0.6) is 5.75 Å². The van der Waals surface area contributed by atoms with Crippen molar-refractivity contribution in [1.82, 2.24) is 9.88 Å². The summed E-state index contributed by atoms with van der Waals surface area (Å²) in [5.74, 6) is -0.866. The Balaban J connectivity index is 1.55. The molecule has 6 heteroatoms. The van der Waals surface area contributed by atoms with E-state index in [-0.39, 0.29) is 11.4 Å². The zero-order valence-electron chi connectivity index (χ0n) is 19.0. The Bertz CT molecular complexity index is 1600. The number of rotatable bonds is 5. The van der Waals surface area contributed by atoms with E-state index in [2.05, 4.69) is 27.3 Å². The van der Waals surface area contributed by atoms with E-state index in [1.165, 1.54) is 12.1 Å². The summed E-state index contributed by atoms with van der Waals surface area (Å²) in [5, 5.41) is 17.4. The quantitative estimate of drug-likeness (QED) is 0.305. The molecule has 2 amide bonds. The largest absolute Gasteiger partial charge is 0.508 e. The maximum Gasteiger partial charge on any atom is 0.272 e. The lowest BCUT2D eigenvalue weighted by atomic mass is 10.1. The minimum Gasteiger partial charge on any atom is -0.508 e. The Labute approximate surface area is 202 Å². The number of aromatic nitrogens is 1. The monoisotopic (exact) mass is 461 g/mol. The Kier molecular flexibility index (Phi) is 5.77. The van der Waals surface area contributed by atoms with Crippen molar-refractivity contribution in [3.05, 3.63) is 114 Å². The van der Waals surface area contributed by atoms with Crippen LogP contribution in [0, 0.1) is 0 Å². The number of hydrogen-bond acceptors (Lipinski definition) is 3. The number of phenolic OH excluding ortho intramolecular Hbond substituents is 1. The lowest BCUT2D eigenvalue weighted by Crippen LogP contribution is -2.30. The van der Waals surface area contributed by atoms with Gasteiger partial charge in [-0.15, -0.1) is 0 Å². The number of amides is 2. The van der Waals surface area contributed by atoms with Crippen LogP contribution in [-0.2, 0) is 11.8 Å². The van der Waals surface area contributed by atoms with Gasteiger partial charge in [0.1, 0.15) is 11.4 Å². The molecule has 0 aliphatic rings. The van der Waals surface area contributed by atoms with Crippen molar-refractivity contribution in [2.75, 3.05) is 5.32 Å².